The number of aryl methyl sites for hydroxylation is 1. The van der Waals surface area contributed by atoms with Crippen LogP contribution in [0.2, 0.25) is 0 Å². The molecule has 150 valence electrons. The third-order valence-electron chi connectivity index (χ3n) is 4.55. The molecule has 0 aliphatic carbocycles. The summed E-state index contributed by atoms with van der Waals surface area (Å²) in [5.41, 5.74) is 3.31. The number of aromatic nitrogens is 2. The molecule has 0 aromatic carbocycles. The van der Waals surface area contributed by atoms with Crippen molar-refractivity contribution in [3.05, 3.63) is 35.8 Å². The molecule has 0 saturated carbocycles. The van der Waals surface area contributed by atoms with Gasteiger partial charge in [-0.2, -0.15) is 0 Å². The van der Waals surface area contributed by atoms with E-state index < -0.39 is 0 Å². The molecule has 2 N–H and O–H groups in total. The van der Waals surface area contributed by atoms with E-state index >= 15 is 0 Å². The first-order valence-electron chi connectivity index (χ1n) is 10.1. The number of nitrogens with zero attached hydrogens (tertiary/aromatic N) is 3. The minimum absolute atomic E-state index is 0.267. The maximum Gasteiger partial charge on any atom is 0.191 e. The summed E-state index contributed by atoms with van der Waals surface area (Å²) in [4.78, 5) is 9.42. The normalized spacial score (nSPS) is 13.3. The Labute approximate surface area is 163 Å². The van der Waals surface area contributed by atoms with Crippen molar-refractivity contribution in [3.63, 3.8) is 0 Å². The second-order valence-electron chi connectivity index (χ2n) is 7.12. The molecule has 6 heteroatoms. The largest absolute Gasteiger partial charge is 0.378 e. The maximum absolute atomic E-state index is 5.80. The number of hydrogen-bond donors (Lipinski definition) is 2. The van der Waals surface area contributed by atoms with Gasteiger partial charge in [0, 0.05) is 45.1 Å². The molecule has 0 aliphatic rings. The minimum Gasteiger partial charge on any atom is -0.378 e. The third kappa shape index (κ3) is 6.54. The van der Waals surface area contributed by atoms with Crippen LogP contribution in [-0.2, 0) is 11.2 Å². The van der Waals surface area contributed by atoms with E-state index in [0.29, 0.717) is 5.92 Å². The fourth-order valence-corrected chi connectivity index (χ4v) is 3.10. The Morgan fingerprint density at radius 1 is 1.30 bits per heavy atom. The van der Waals surface area contributed by atoms with Gasteiger partial charge in [-0.05, 0) is 44.7 Å². The van der Waals surface area contributed by atoms with Crippen molar-refractivity contribution < 1.29 is 4.74 Å². The highest BCUT2D eigenvalue weighted by Gasteiger charge is 2.12. The summed E-state index contributed by atoms with van der Waals surface area (Å²) in [6.45, 7) is 13.8. The van der Waals surface area contributed by atoms with Gasteiger partial charge in [0.1, 0.15) is 5.65 Å². The molecule has 2 aromatic rings. The molecule has 0 amide bonds. The Hall–Kier alpha value is -2.08. The van der Waals surface area contributed by atoms with E-state index in [4.69, 9.17) is 14.7 Å². The van der Waals surface area contributed by atoms with Crippen LogP contribution in [0.25, 0.3) is 5.65 Å². The molecule has 0 bridgehead atoms. The predicted octanol–water partition coefficient (Wildman–Crippen LogP) is 3.19. The first kappa shape index (κ1) is 21.2. The summed E-state index contributed by atoms with van der Waals surface area (Å²) < 4.78 is 7.89. The number of pyridine rings is 1. The average Bonchev–Trinajstić information content (AvgIpc) is 3.05. The number of aliphatic imine (C=N–C) groups is 1. The molecule has 27 heavy (non-hydrogen) atoms. The molecule has 2 aromatic heterocycles. The van der Waals surface area contributed by atoms with Gasteiger partial charge in [-0.25, -0.2) is 4.98 Å². The summed E-state index contributed by atoms with van der Waals surface area (Å²) in [5.74, 6) is 1.37. The lowest BCUT2D eigenvalue weighted by Gasteiger charge is -2.20. The van der Waals surface area contributed by atoms with Crippen LogP contribution in [0.4, 0.5) is 0 Å². The van der Waals surface area contributed by atoms with Crippen LogP contribution in [-0.4, -0.2) is 47.7 Å². The van der Waals surface area contributed by atoms with Crippen molar-refractivity contribution in [1.29, 1.82) is 0 Å². The molecule has 1 atom stereocenters. The monoisotopic (exact) mass is 373 g/mol. The van der Waals surface area contributed by atoms with E-state index in [9.17, 15) is 0 Å². The van der Waals surface area contributed by atoms with Crippen LogP contribution in [0.5, 0.6) is 0 Å². The Kier molecular flexibility index (Phi) is 8.58. The summed E-state index contributed by atoms with van der Waals surface area (Å²) in [6.07, 6.45) is 6.21. The maximum atomic E-state index is 5.80. The number of imidazole rings is 1. The number of fused-ring (bicyclic) bond motifs is 1. The lowest BCUT2D eigenvalue weighted by atomic mass is 10.0. The van der Waals surface area contributed by atoms with Gasteiger partial charge in [0.25, 0.3) is 0 Å². The summed E-state index contributed by atoms with van der Waals surface area (Å²) >= 11 is 0. The van der Waals surface area contributed by atoms with Crippen molar-refractivity contribution in [2.24, 2.45) is 10.9 Å². The second-order valence-corrected chi connectivity index (χ2v) is 7.12. The van der Waals surface area contributed by atoms with Crippen LogP contribution < -0.4 is 10.6 Å². The van der Waals surface area contributed by atoms with Crippen molar-refractivity contribution >= 4 is 11.6 Å². The Bertz CT molecular complexity index is 722. The summed E-state index contributed by atoms with van der Waals surface area (Å²) in [7, 11) is 0. The number of hydrogen-bond acceptors (Lipinski definition) is 3. The SMILES string of the molecule is CCNC(=NCCC(OCC)C(C)C)NCCc1cn2cccc(C)c2n1. The van der Waals surface area contributed by atoms with Crippen LogP contribution in [0.1, 0.15) is 45.4 Å². The number of guanidine groups is 1. The lowest BCUT2D eigenvalue weighted by molar-refractivity contribution is 0.0266. The zero-order valence-corrected chi connectivity index (χ0v) is 17.5. The minimum atomic E-state index is 0.267. The van der Waals surface area contributed by atoms with Crippen LogP contribution >= 0.6 is 0 Å². The summed E-state index contributed by atoms with van der Waals surface area (Å²) in [6, 6.07) is 4.14. The first-order valence-corrected chi connectivity index (χ1v) is 10.1. The molecule has 0 aliphatic heterocycles. The fraction of sp³-hybridized carbons (Fsp3) is 0.619. The molecule has 1 unspecified atom stereocenters. The van der Waals surface area contributed by atoms with E-state index in [1.807, 2.05) is 13.1 Å². The zero-order chi connectivity index (χ0) is 19.6. The highest BCUT2D eigenvalue weighted by molar-refractivity contribution is 5.79. The molecule has 2 rings (SSSR count). The van der Waals surface area contributed by atoms with Crippen LogP contribution in [0.3, 0.4) is 0 Å². The van der Waals surface area contributed by atoms with E-state index in [-0.39, 0.29) is 6.10 Å². The van der Waals surface area contributed by atoms with Crippen LogP contribution in [0.15, 0.2) is 29.5 Å². The Morgan fingerprint density at radius 3 is 2.78 bits per heavy atom. The van der Waals surface area contributed by atoms with Gasteiger partial charge in [-0.1, -0.05) is 19.9 Å². The molecule has 2 heterocycles. The second kappa shape index (κ2) is 10.9. The smallest absolute Gasteiger partial charge is 0.191 e. The first-order chi connectivity index (χ1) is 13.0. The summed E-state index contributed by atoms with van der Waals surface area (Å²) in [5, 5.41) is 6.72. The number of nitrogens with one attached hydrogen (secondary N) is 2. The van der Waals surface area contributed by atoms with Crippen molar-refractivity contribution in [2.75, 3.05) is 26.2 Å². The molecule has 0 spiro atoms. The quantitative estimate of drug-likeness (QED) is 0.496. The van der Waals surface area contributed by atoms with Gasteiger partial charge in [0.05, 0.1) is 11.8 Å². The number of ether oxygens (including phenoxy) is 1. The fourth-order valence-electron chi connectivity index (χ4n) is 3.10. The Morgan fingerprint density at radius 2 is 2.11 bits per heavy atom. The lowest BCUT2D eigenvalue weighted by Crippen LogP contribution is -2.38. The predicted molar refractivity (Wildman–Crippen MR) is 112 cm³/mol. The van der Waals surface area contributed by atoms with Crippen molar-refractivity contribution in [2.45, 2.75) is 53.6 Å². The zero-order valence-electron chi connectivity index (χ0n) is 17.5. The van der Waals surface area contributed by atoms with Gasteiger partial charge in [0.15, 0.2) is 5.96 Å². The van der Waals surface area contributed by atoms with Crippen molar-refractivity contribution in [1.82, 2.24) is 20.0 Å². The molecule has 0 fully saturated rings. The third-order valence-corrected chi connectivity index (χ3v) is 4.55. The standard InChI is InChI=1S/C21H35N5O/c1-6-22-21(24-13-11-19(16(3)4)27-7-2)23-12-10-18-15-26-14-8-9-17(5)20(26)25-18/h8-9,14-16,19H,6-7,10-13H2,1-5H3,(H2,22,23,24). The highest BCUT2D eigenvalue weighted by Crippen LogP contribution is 2.11. The highest BCUT2D eigenvalue weighted by atomic mass is 16.5. The Balaban J connectivity index is 1.86. The van der Waals surface area contributed by atoms with Gasteiger partial charge >= 0.3 is 0 Å². The molecular weight excluding hydrogens is 338 g/mol. The van der Waals surface area contributed by atoms with Gasteiger partial charge in [-0.15, -0.1) is 0 Å². The molecular formula is C21H35N5O. The molecule has 0 saturated heterocycles. The van der Waals surface area contributed by atoms with Crippen molar-refractivity contribution in [3.8, 4) is 0 Å². The molecule has 0 radical (unpaired) electrons. The average molecular weight is 374 g/mol. The van der Waals surface area contributed by atoms with E-state index in [2.05, 4.69) is 61.1 Å². The topological polar surface area (TPSA) is 63.0 Å². The van der Waals surface area contributed by atoms with Gasteiger partial charge in [-0.3, -0.25) is 4.99 Å². The van der Waals surface area contributed by atoms with Crippen LogP contribution in [0, 0.1) is 12.8 Å². The van der Waals surface area contributed by atoms with E-state index in [1.54, 1.807) is 0 Å². The van der Waals surface area contributed by atoms with E-state index in [0.717, 1.165) is 56.4 Å². The number of rotatable bonds is 10. The van der Waals surface area contributed by atoms with E-state index in [1.165, 1.54) is 5.56 Å². The molecule has 6 nitrogen and oxygen atoms in total. The van der Waals surface area contributed by atoms with Gasteiger partial charge in [0.2, 0.25) is 0 Å². The van der Waals surface area contributed by atoms with Gasteiger partial charge < -0.3 is 19.8 Å².